The molecule has 0 saturated carbocycles. The molecule has 1 aliphatic rings. The van der Waals surface area contributed by atoms with Crippen LogP contribution in [0.2, 0.25) is 0 Å². The van der Waals surface area contributed by atoms with E-state index in [4.69, 9.17) is 10.00 Å². The van der Waals surface area contributed by atoms with Gasteiger partial charge in [0.25, 0.3) is 0 Å². The molecule has 1 aliphatic heterocycles. The second-order valence-electron chi connectivity index (χ2n) is 7.43. The number of carbonyl (C=O) groups excluding carboxylic acids is 1. The molecular formula is C20H28N2O2. The number of amides is 1. The lowest BCUT2D eigenvalue weighted by Gasteiger charge is -2.30. The highest BCUT2D eigenvalue weighted by atomic mass is 16.5. The van der Waals surface area contributed by atoms with Crippen LogP contribution in [0.3, 0.4) is 0 Å². The molecule has 1 aromatic carbocycles. The third-order valence-corrected chi connectivity index (χ3v) is 4.37. The Morgan fingerprint density at radius 3 is 2.75 bits per heavy atom. The molecular weight excluding hydrogens is 300 g/mol. The number of nitrogens with zero attached hydrogens (tertiary/aromatic N) is 2. The van der Waals surface area contributed by atoms with E-state index in [2.05, 4.69) is 39.0 Å². The lowest BCUT2D eigenvalue weighted by atomic mass is 9.85. The first-order chi connectivity index (χ1) is 11.4. The van der Waals surface area contributed by atoms with E-state index >= 15 is 0 Å². The SMILES string of the molecule is CC(C)(C)c1cccc(CN2CCCCC2=O)c1OCCCC#N. The van der Waals surface area contributed by atoms with Crippen LogP contribution in [0.5, 0.6) is 5.75 Å². The topological polar surface area (TPSA) is 53.3 Å². The maximum Gasteiger partial charge on any atom is 0.222 e. The monoisotopic (exact) mass is 328 g/mol. The first-order valence-corrected chi connectivity index (χ1v) is 8.83. The minimum atomic E-state index is -0.0352. The first-order valence-electron chi connectivity index (χ1n) is 8.83. The Labute approximate surface area is 145 Å². The normalized spacial score (nSPS) is 15.2. The molecule has 4 nitrogen and oxygen atoms in total. The third kappa shape index (κ3) is 4.74. The number of hydrogen-bond donors (Lipinski definition) is 0. The van der Waals surface area contributed by atoms with Gasteiger partial charge in [-0.3, -0.25) is 4.79 Å². The van der Waals surface area contributed by atoms with Crippen LogP contribution in [-0.2, 0) is 16.8 Å². The smallest absolute Gasteiger partial charge is 0.222 e. The van der Waals surface area contributed by atoms with E-state index in [0.717, 1.165) is 42.7 Å². The molecule has 4 heteroatoms. The fourth-order valence-electron chi connectivity index (χ4n) is 3.03. The summed E-state index contributed by atoms with van der Waals surface area (Å²) in [7, 11) is 0. The molecule has 0 atom stereocenters. The molecule has 0 spiro atoms. The Bertz CT molecular complexity index is 611. The average molecular weight is 328 g/mol. The number of hydrogen-bond acceptors (Lipinski definition) is 3. The molecule has 0 bridgehead atoms. The van der Waals surface area contributed by atoms with E-state index in [-0.39, 0.29) is 11.3 Å². The molecule has 2 rings (SSSR count). The van der Waals surface area contributed by atoms with Gasteiger partial charge in [-0.05, 0) is 30.2 Å². The molecule has 24 heavy (non-hydrogen) atoms. The van der Waals surface area contributed by atoms with Crippen LogP contribution in [0.15, 0.2) is 18.2 Å². The first kappa shape index (κ1) is 18.3. The minimum Gasteiger partial charge on any atom is -0.493 e. The van der Waals surface area contributed by atoms with Crippen LogP contribution < -0.4 is 4.74 Å². The fourth-order valence-corrected chi connectivity index (χ4v) is 3.03. The summed E-state index contributed by atoms with van der Waals surface area (Å²) in [5.41, 5.74) is 2.18. The molecule has 130 valence electrons. The molecule has 0 aromatic heterocycles. The summed E-state index contributed by atoms with van der Waals surface area (Å²) in [6.45, 7) is 8.46. The van der Waals surface area contributed by atoms with Crippen LogP contribution in [-0.4, -0.2) is 24.0 Å². The number of piperidine rings is 1. The summed E-state index contributed by atoms with van der Waals surface area (Å²) in [6, 6.07) is 8.35. The van der Waals surface area contributed by atoms with Crippen molar-refractivity contribution in [2.45, 2.75) is 64.8 Å². The van der Waals surface area contributed by atoms with Gasteiger partial charge in [0.15, 0.2) is 0 Å². The van der Waals surface area contributed by atoms with E-state index in [1.54, 1.807) is 0 Å². The van der Waals surface area contributed by atoms with Crippen molar-refractivity contribution in [1.82, 2.24) is 4.90 Å². The highest BCUT2D eigenvalue weighted by Crippen LogP contribution is 2.35. The Morgan fingerprint density at radius 2 is 2.08 bits per heavy atom. The average Bonchev–Trinajstić information content (AvgIpc) is 2.53. The minimum absolute atomic E-state index is 0.0352. The predicted octanol–water partition coefficient (Wildman–Crippen LogP) is 4.18. The van der Waals surface area contributed by atoms with Gasteiger partial charge in [-0.15, -0.1) is 0 Å². The predicted molar refractivity (Wildman–Crippen MR) is 94.8 cm³/mol. The quantitative estimate of drug-likeness (QED) is 0.736. The number of carbonyl (C=O) groups is 1. The Balaban J connectivity index is 2.24. The van der Waals surface area contributed by atoms with Gasteiger partial charge in [-0.2, -0.15) is 5.26 Å². The molecule has 0 unspecified atom stereocenters. The Kier molecular flexibility index (Phi) is 6.25. The molecule has 1 fully saturated rings. The van der Waals surface area contributed by atoms with E-state index in [9.17, 15) is 4.79 Å². The van der Waals surface area contributed by atoms with E-state index in [1.807, 2.05) is 11.0 Å². The molecule has 0 N–H and O–H groups in total. The van der Waals surface area contributed by atoms with Crippen LogP contribution in [0.1, 0.15) is 64.0 Å². The lowest BCUT2D eigenvalue weighted by Crippen LogP contribution is -2.34. The molecule has 1 amide bonds. The van der Waals surface area contributed by atoms with Gasteiger partial charge >= 0.3 is 0 Å². The van der Waals surface area contributed by atoms with E-state index in [1.165, 1.54) is 0 Å². The zero-order chi connectivity index (χ0) is 17.6. The van der Waals surface area contributed by atoms with E-state index in [0.29, 0.717) is 26.0 Å². The van der Waals surface area contributed by atoms with Gasteiger partial charge in [-0.25, -0.2) is 0 Å². The second kappa shape index (κ2) is 8.19. The van der Waals surface area contributed by atoms with Gasteiger partial charge in [0.1, 0.15) is 5.75 Å². The highest BCUT2D eigenvalue weighted by molar-refractivity contribution is 5.76. The maximum atomic E-state index is 12.1. The number of para-hydroxylation sites is 1. The number of unbranched alkanes of at least 4 members (excludes halogenated alkanes) is 1. The van der Waals surface area contributed by atoms with Crippen molar-refractivity contribution in [3.05, 3.63) is 29.3 Å². The molecule has 0 aliphatic carbocycles. The summed E-state index contributed by atoms with van der Waals surface area (Å²) < 4.78 is 6.08. The number of nitriles is 1. The number of rotatable bonds is 6. The summed E-state index contributed by atoms with van der Waals surface area (Å²) in [5, 5.41) is 8.70. The number of ether oxygens (including phenoxy) is 1. The van der Waals surface area contributed by atoms with Gasteiger partial charge in [-0.1, -0.05) is 39.0 Å². The molecule has 0 radical (unpaired) electrons. The largest absolute Gasteiger partial charge is 0.493 e. The second-order valence-corrected chi connectivity index (χ2v) is 7.43. The maximum absolute atomic E-state index is 12.1. The van der Waals surface area contributed by atoms with Crippen molar-refractivity contribution in [3.63, 3.8) is 0 Å². The van der Waals surface area contributed by atoms with Crippen LogP contribution in [0.25, 0.3) is 0 Å². The number of likely N-dealkylation sites (tertiary alicyclic amines) is 1. The third-order valence-electron chi connectivity index (χ3n) is 4.37. The van der Waals surface area contributed by atoms with Gasteiger partial charge < -0.3 is 9.64 Å². The lowest BCUT2D eigenvalue weighted by molar-refractivity contribution is -0.133. The van der Waals surface area contributed by atoms with Crippen molar-refractivity contribution < 1.29 is 9.53 Å². The highest BCUT2D eigenvalue weighted by Gasteiger charge is 2.24. The fraction of sp³-hybridized carbons (Fsp3) is 0.600. The molecule has 1 heterocycles. The Morgan fingerprint density at radius 1 is 1.29 bits per heavy atom. The van der Waals surface area contributed by atoms with Crippen molar-refractivity contribution in [2.75, 3.05) is 13.2 Å². The van der Waals surface area contributed by atoms with Gasteiger partial charge in [0.2, 0.25) is 5.91 Å². The van der Waals surface area contributed by atoms with Gasteiger partial charge in [0.05, 0.1) is 12.7 Å². The van der Waals surface area contributed by atoms with Gasteiger partial charge in [0, 0.05) is 31.5 Å². The van der Waals surface area contributed by atoms with Crippen LogP contribution >= 0.6 is 0 Å². The van der Waals surface area contributed by atoms with Crippen molar-refractivity contribution >= 4 is 5.91 Å². The van der Waals surface area contributed by atoms with Crippen LogP contribution in [0.4, 0.5) is 0 Å². The zero-order valence-electron chi connectivity index (χ0n) is 15.1. The van der Waals surface area contributed by atoms with E-state index < -0.39 is 0 Å². The Hall–Kier alpha value is -2.02. The summed E-state index contributed by atoms with van der Waals surface area (Å²) in [4.78, 5) is 14.1. The van der Waals surface area contributed by atoms with Crippen LogP contribution in [0, 0.1) is 11.3 Å². The zero-order valence-corrected chi connectivity index (χ0v) is 15.1. The summed E-state index contributed by atoms with van der Waals surface area (Å²) >= 11 is 0. The number of benzene rings is 1. The van der Waals surface area contributed by atoms with Crippen molar-refractivity contribution in [1.29, 1.82) is 5.26 Å². The summed E-state index contributed by atoms with van der Waals surface area (Å²) in [5.74, 6) is 1.12. The summed E-state index contributed by atoms with van der Waals surface area (Å²) in [6.07, 6.45) is 3.93. The standard InChI is InChI=1S/C20H28N2O2/c1-20(2,3)17-10-8-9-16(19(17)24-14-7-5-12-21)15-22-13-6-4-11-18(22)23/h8-10H,4-7,11,13-15H2,1-3H3. The van der Waals surface area contributed by atoms with Crippen molar-refractivity contribution in [3.8, 4) is 11.8 Å². The van der Waals surface area contributed by atoms with Crippen molar-refractivity contribution in [2.24, 2.45) is 0 Å². The molecule has 1 aromatic rings. The molecule has 1 saturated heterocycles.